The molecule has 0 saturated carbocycles. The molecular weight excluding hydrogens is 368 g/mol. The predicted molar refractivity (Wildman–Crippen MR) is 124 cm³/mol. The van der Waals surface area contributed by atoms with Crippen molar-refractivity contribution < 1.29 is 4.42 Å². The standard InChI is InChI=1S/C27H22N2O/c1-27(2,3)24-19-9-4-5-10-20(19)25(29-15-14-28-26(24)29)17-12-13-23-21(16-17)18-8-6-7-11-22(18)30-23/h4-16H,1-3H3. The molecule has 0 unspecified atom stereocenters. The van der Waals surface area contributed by atoms with Gasteiger partial charge in [0.15, 0.2) is 0 Å². The first-order valence-electron chi connectivity index (χ1n) is 10.3. The van der Waals surface area contributed by atoms with Crippen LogP contribution in [-0.4, -0.2) is 9.38 Å². The Balaban J connectivity index is 1.77. The minimum absolute atomic E-state index is 0.0184. The largest absolute Gasteiger partial charge is 0.456 e. The van der Waals surface area contributed by atoms with Crippen molar-refractivity contribution in [2.45, 2.75) is 26.2 Å². The van der Waals surface area contributed by atoms with Crippen molar-refractivity contribution in [2.24, 2.45) is 0 Å². The van der Waals surface area contributed by atoms with Crippen LogP contribution >= 0.6 is 0 Å². The molecule has 0 radical (unpaired) electrons. The molecule has 0 aliphatic rings. The van der Waals surface area contributed by atoms with Gasteiger partial charge in [0.2, 0.25) is 0 Å². The molecule has 3 heterocycles. The fourth-order valence-electron chi connectivity index (χ4n) is 4.73. The number of para-hydroxylation sites is 1. The van der Waals surface area contributed by atoms with E-state index in [4.69, 9.17) is 9.40 Å². The van der Waals surface area contributed by atoms with Crippen LogP contribution in [0.15, 0.2) is 83.5 Å². The summed E-state index contributed by atoms with van der Waals surface area (Å²) in [4.78, 5) is 4.77. The predicted octanol–water partition coefficient (Wildman–Crippen LogP) is 7.35. The Bertz CT molecular complexity index is 1580. The summed E-state index contributed by atoms with van der Waals surface area (Å²) in [6.07, 6.45) is 3.97. The molecule has 0 saturated heterocycles. The van der Waals surface area contributed by atoms with Crippen LogP contribution in [0.25, 0.3) is 49.6 Å². The fraction of sp³-hybridized carbons (Fsp3) is 0.148. The number of fused-ring (bicyclic) bond motifs is 5. The Labute approximate surface area is 174 Å². The van der Waals surface area contributed by atoms with Crippen LogP contribution in [0.2, 0.25) is 0 Å². The number of nitrogens with zero attached hydrogens (tertiary/aromatic N) is 2. The van der Waals surface area contributed by atoms with E-state index in [9.17, 15) is 0 Å². The molecule has 0 N–H and O–H groups in total. The van der Waals surface area contributed by atoms with Gasteiger partial charge < -0.3 is 4.42 Å². The molecule has 0 bridgehead atoms. The van der Waals surface area contributed by atoms with E-state index in [2.05, 4.69) is 86.0 Å². The van der Waals surface area contributed by atoms with Crippen molar-refractivity contribution in [1.82, 2.24) is 9.38 Å². The molecule has 3 aromatic carbocycles. The van der Waals surface area contributed by atoms with Gasteiger partial charge in [-0.05, 0) is 35.1 Å². The maximum atomic E-state index is 6.05. The first-order valence-corrected chi connectivity index (χ1v) is 10.3. The Morgan fingerprint density at radius 2 is 1.47 bits per heavy atom. The van der Waals surface area contributed by atoms with Crippen molar-refractivity contribution in [1.29, 1.82) is 0 Å². The number of imidazole rings is 1. The summed E-state index contributed by atoms with van der Waals surface area (Å²) in [5.74, 6) is 0. The van der Waals surface area contributed by atoms with E-state index in [0.717, 1.165) is 33.1 Å². The van der Waals surface area contributed by atoms with Crippen molar-refractivity contribution in [3.63, 3.8) is 0 Å². The Morgan fingerprint density at radius 3 is 2.27 bits per heavy atom. The highest BCUT2D eigenvalue weighted by atomic mass is 16.3. The lowest BCUT2D eigenvalue weighted by Crippen LogP contribution is -2.15. The van der Waals surface area contributed by atoms with Gasteiger partial charge in [0.1, 0.15) is 16.8 Å². The molecule has 146 valence electrons. The van der Waals surface area contributed by atoms with Gasteiger partial charge >= 0.3 is 0 Å². The van der Waals surface area contributed by atoms with Crippen LogP contribution in [0.1, 0.15) is 26.3 Å². The van der Waals surface area contributed by atoms with E-state index in [1.54, 1.807) is 0 Å². The van der Waals surface area contributed by atoms with Crippen LogP contribution in [0.3, 0.4) is 0 Å². The average Bonchev–Trinajstić information content (AvgIpc) is 3.35. The zero-order chi connectivity index (χ0) is 20.5. The van der Waals surface area contributed by atoms with Crippen molar-refractivity contribution >= 4 is 38.4 Å². The molecule has 0 aliphatic carbocycles. The monoisotopic (exact) mass is 390 g/mol. The van der Waals surface area contributed by atoms with Crippen molar-refractivity contribution in [2.75, 3.05) is 0 Å². The van der Waals surface area contributed by atoms with E-state index < -0.39 is 0 Å². The molecule has 0 aliphatic heterocycles. The molecule has 3 aromatic heterocycles. The van der Waals surface area contributed by atoms with Gasteiger partial charge in [-0.3, -0.25) is 4.40 Å². The molecule has 6 rings (SSSR count). The first kappa shape index (κ1) is 17.3. The van der Waals surface area contributed by atoms with Crippen LogP contribution in [0, 0.1) is 0 Å². The molecule has 0 fully saturated rings. The Hall–Kier alpha value is -3.59. The maximum Gasteiger partial charge on any atom is 0.141 e. The SMILES string of the molecule is CC(C)(C)c1c2ccccc2c(-c2ccc3oc4ccccc4c3c2)n2ccnc12. The number of hydrogen-bond acceptors (Lipinski definition) is 2. The highest BCUT2D eigenvalue weighted by Crippen LogP contribution is 2.40. The Morgan fingerprint density at radius 1 is 0.767 bits per heavy atom. The van der Waals surface area contributed by atoms with Crippen LogP contribution in [-0.2, 0) is 5.41 Å². The summed E-state index contributed by atoms with van der Waals surface area (Å²) in [6.45, 7) is 6.77. The minimum Gasteiger partial charge on any atom is -0.456 e. The second-order valence-electron chi connectivity index (χ2n) is 8.95. The van der Waals surface area contributed by atoms with E-state index in [1.165, 1.54) is 22.0 Å². The van der Waals surface area contributed by atoms with E-state index >= 15 is 0 Å². The second kappa shape index (κ2) is 5.96. The number of hydrogen-bond donors (Lipinski definition) is 0. The third-order valence-corrected chi connectivity index (χ3v) is 5.96. The van der Waals surface area contributed by atoms with E-state index in [-0.39, 0.29) is 5.41 Å². The van der Waals surface area contributed by atoms with Crippen molar-refractivity contribution in [3.05, 3.63) is 84.7 Å². The normalized spacial score (nSPS) is 12.5. The van der Waals surface area contributed by atoms with Crippen LogP contribution in [0.4, 0.5) is 0 Å². The molecule has 3 heteroatoms. The summed E-state index contributed by atoms with van der Waals surface area (Å²) in [5.41, 5.74) is 6.44. The number of furan rings is 1. The number of benzene rings is 3. The molecule has 0 spiro atoms. The topological polar surface area (TPSA) is 30.4 Å². The highest BCUT2D eigenvalue weighted by molar-refractivity contribution is 6.08. The number of aromatic nitrogens is 2. The van der Waals surface area contributed by atoms with Gasteiger partial charge in [0.25, 0.3) is 0 Å². The third-order valence-electron chi connectivity index (χ3n) is 5.96. The van der Waals surface area contributed by atoms with E-state index in [0.29, 0.717) is 0 Å². The minimum atomic E-state index is -0.0184. The van der Waals surface area contributed by atoms with Gasteiger partial charge in [0.05, 0.1) is 5.69 Å². The van der Waals surface area contributed by atoms with Gasteiger partial charge in [0, 0.05) is 39.7 Å². The second-order valence-corrected chi connectivity index (χ2v) is 8.95. The zero-order valence-corrected chi connectivity index (χ0v) is 17.3. The van der Waals surface area contributed by atoms with Gasteiger partial charge in [-0.25, -0.2) is 4.98 Å². The quantitative estimate of drug-likeness (QED) is 0.294. The number of pyridine rings is 1. The van der Waals surface area contributed by atoms with Crippen LogP contribution < -0.4 is 0 Å². The summed E-state index contributed by atoms with van der Waals surface area (Å²) >= 11 is 0. The summed E-state index contributed by atoms with van der Waals surface area (Å²) in [6, 6.07) is 23.4. The lowest BCUT2D eigenvalue weighted by atomic mass is 9.83. The summed E-state index contributed by atoms with van der Waals surface area (Å²) in [5, 5.41) is 4.78. The fourth-order valence-corrected chi connectivity index (χ4v) is 4.73. The van der Waals surface area contributed by atoms with E-state index in [1.807, 2.05) is 18.3 Å². The van der Waals surface area contributed by atoms with Gasteiger partial charge in [-0.2, -0.15) is 0 Å². The van der Waals surface area contributed by atoms with Gasteiger partial charge in [-0.15, -0.1) is 0 Å². The van der Waals surface area contributed by atoms with Crippen molar-refractivity contribution in [3.8, 4) is 11.3 Å². The molecule has 3 nitrogen and oxygen atoms in total. The molecule has 6 aromatic rings. The molecule has 0 amide bonds. The smallest absolute Gasteiger partial charge is 0.141 e. The lowest BCUT2D eigenvalue weighted by molar-refractivity contribution is 0.597. The molecular formula is C27H22N2O. The summed E-state index contributed by atoms with van der Waals surface area (Å²) in [7, 11) is 0. The van der Waals surface area contributed by atoms with Crippen LogP contribution in [0.5, 0.6) is 0 Å². The maximum absolute atomic E-state index is 6.05. The Kier molecular flexibility index (Phi) is 3.43. The van der Waals surface area contributed by atoms with Gasteiger partial charge in [-0.1, -0.05) is 63.2 Å². The average molecular weight is 390 g/mol. The molecule has 0 atom stereocenters. The highest BCUT2D eigenvalue weighted by Gasteiger charge is 2.24. The summed E-state index contributed by atoms with van der Waals surface area (Å²) < 4.78 is 8.29. The molecule has 30 heavy (non-hydrogen) atoms. The number of rotatable bonds is 1. The lowest BCUT2D eigenvalue weighted by Gasteiger charge is -2.24. The first-order chi connectivity index (χ1) is 14.5. The zero-order valence-electron chi connectivity index (χ0n) is 17.3. The third kappa shape index (κ3) is 2.35.